The first kappa shape index (κ1) is 12.0. The van der Waals surface area contributed by atoms with Gasteiger partial charge in [0, 0.05) is 6.61 Å². The van der Waals surface area contributed by atoms with Crippen molar-refractivity contribution in [3.8, 4) is 0 Å². The molecule has 15 heavy (non-hydrogen) atoms. The van der Waals surface area contributed by atoms with E-state index in [0.29, 0.717) is 13.2 Å². The molecule has 1 heterocycles. The Kier molecular flexibility index (Phi) is 4.08. The van der Waals surface area contributed by atoms with E-state index in [9.17, 15) is 9.59 Å². The van der Waals surface area contributed by atoms with Gasteiger partial charge in [-0.2, -0.15) is 0 Å². The van der Waals surface area contributed by atoms with Crippen molar-refractivity contribution in [3.05, 3.63) is 0 Å². The van der Waals surface area contributed by atoms with Gasteiger partial charge in [-0.25, -0.2) is 0 Å². The fraction of sp³-hybridized carbons (Fsp3) is 0.800. The molecular formula is C10H18N2O3. The molecule has 0 aliphatic carbocycles. The van der Waals surface area contributed by atoms with E-state index in [1.54, 1.807) is 11.8 Å². The highest BCUT2D eigenvalue weighted by molar-refractivity contribution is 5.94. The van der Waals surface area contributed by atoms with Gasteiger partial charge in [0.2, 0.25) is 11.8 Å². The van der Waals surface area contributed by atoms with Crippen LogP contribution in [0.3, 0.4) is 0 Å². The average Bonchev–Trinajstić information content (AvgIpc) is 2.21. The van der Waals surface area contributed by atoms with E-state index < -0.39 is 6.04 Å². The standard InChI is InChI=1S/C10H18N2O3/c1-4-15-6-7(2)12-8(3)10(14)11-5-9(12)13/h7-8H,4-6H2,1-3H3,(H,11,14). The molecule has 0 aromatic rings. The summed E-state index contributed by atoms with van der Waals surface area (Å²) in [6.45, 7) is 6.71. The molecule has 0 bridgehead atoms. The summed E-state index contributed by atoms with van der Waals surface area (Å²) < 4.78 is 5.25. The van der Waals surface area contributed by atoms with Crippen LogP contribution in [0.15, 0.2) is 0 Å². The van der Waals surface area contributed by atoms with Crippen molar-refractivity contribution in [1.82, 2.24) is 10.2 Å². The van der Waals surface area contributed by atoms with E-state index in [0.717, 1.165) is 0 Å². The van der Waals surface area contributed by atoms with E-state index in [2.05, 4.69) is 5.32 Å². The minimum atomic E-state index is -0.401. The van der Waals surface area contributed by atoms with Crippen LogP contribution in [0.5, 0.6) is 0 Å². The highest BCUT2D eigenvalue weighted by atomic mass is 16.5. The molecule has 0 spiro atoms. The fourth-order valence-corrected chi connectivity index (χ4v) is 1.74. The largest absolute Gasteiger partial charge is 0.380 e. The van der Waals surface area contributed by atoms with Gasteiger partial charge in [0.1, 0.15) is 6.04 Å². The Balaban J connectivity index is 2.63. The number of ether oxygens (including phenoxy) is 1. The summed E-state index contributed by atoms with van der Waals surface area (Å²) in [5.74, 6) is -0.146. The number of rotatable bonds is 4. The highest BCUT2D eigenvalue weighted by Crippen LogP contribution is 2.10. The van der Waals surface area contributed by atoms with Crippen molar-refractivity contribution in [2.75, 3.05) is 19.8 Å². The van der Waals surface area contributed by atoms with Gasteiger partial charge < -0.3 is 15.0 Å². The van der Waals surface area contributed by atoms with Crippen LogP contribution in [0.1, 0.15) is 20.8 Å². The number of piperazine rings is 1. The van der Waals surface area contributed by atoms with Crippen LogP contribution in [0, 0.1) is 0 Å². The summed E-state index contributed by atoms with van der Waals surface area (Å²) >= 11 is 0. The van der Waals surface area contributed by atoms with Gasteiger partial charge in [-0.3, -0.25) is 9.59 Å². The Hall–Kier alpha value is -1.10. The maximum absolute atomic E-state index is 11.6. The van der Waals surface area contributed by atoms with Gasteiger partial charge in [-0.1, -0.05) is 0 Å². The normalized spacial score (nSPS) is 23.9. The number of hydrogen-bond donors (Lipinski definition) is 1. The third kappa shape index (κ3) is 2.68. The predicted octanol–water partition coefficient (Wildman–Crippen LogP) is -0.242. The molecule has 1 rings (SSSR count). The van der Waals surface area contributed by atoms with Crippen LogP contribution >= 0.6 is 0 Å². The second kappa shape index (κ2) is 5.11. The zero-order valence-electron chi connectivity index (χ0n) is 9.45. The molecule has 2 atom stereocenters. The van der Waals surface area contributed by atoms with Crippen molar-refractivity contribution in [2.24, 2.45) is 0 Å². The summed E-state index contributed by atoms with van der Waals surface area (Å²) in [7, 11) is 0. The van der Waals surface area contributed by atoms with Crippen LogP contribution in [-0.4, -0.2) is 48.6 Å². The van der Waals surface area contributed by atoms with Crippen LogP contribution in [0.4, 0.5) is 0 Å². The zero-order valence-corrected chi connectivity index (χ0v) is 9.45. The summed E-state index contributed by atoms with van der Waals surface area (Å²) in [5.41, 5.74) is 0. The lowest BCUT2D eigenvalue weighted by Gasteiger charge is -2.37. The topological polar surface area (TPSA) is 58.6 Å². The molecule has 2 unspecified atom stereocenters. The van der Waals surface area contributed by atoms with Crippen LogP contribution in [-0.2, 0) is 14.3 Å². The smallest absolute Gasteiger partial charge is 0.242 e. The lowest BCUT2D eigenvalue weighted by atomic mass is 10.1. The SMILES string of the molecule is CCOCC(C)N1C(=O)CNC(=O)C1C. The molecule has 0 saturated carbocycles. The zero-order chi connectivity index (χ0) is 11.4. The molecule has 1 fully saturated rings. The lowest BCUT2D eigenvalue weighted by molar-refractivity contribution is -0.148. The maximum atomic E-state index is 11.6. The second-order valence-electron chi connectivity index (χ2n) is 3.70. The van der Waals surface area contributed by atoms with Crippen molar-refractivity contribution in [3.63, 3.8) is 0 Å². The number of amides is 2. The molecule has 1 N–H and O–H groups in total. The molecule has 0 aromatic heterocycles. The summed E-state index contributed by atoms with van der Waals surface area (Å²) in [5, 5.41) is 2.55. The van der Waals surface area contributed by atoms with Gasteiger partial charge in [-0.05, 0) is 20.8 Å². The van der Waals surface area contributed by atoms with E-state index in [4.69, 9.17) is 4.74 Å². The molecule has 0 radical (unpaired) electrons. The lowest BCUT2D eigenvalue weighted by Crippen LogP contribution is -2.60. The van der Waals surface area contributed by atoms with Gasteiger partial charge in [0.25, 0.3) is 0 Å². The second-order valence-corrected chi connectivity index (χ2v) is 3.70. The monoisotopic (exact) mass is 214 g/mol. The average molecular weight is 214 g/mol. The third-order valence-electron chi connectivity index (χ3n) is 2.54. The van der Waals surface area contributed by atoms with Crippen molar-refractivity contribution in [1.29, 1.82) is 0 Å². The highest BCUT2D eigenvalue weighted by Gasteiger charge is 2.33. The summed E-state index contributed by atoms with van der Waals surface area (Å²) in [6.07, 6.45) is 0. The third-order valence-corrected chi connectivity index (χ3v) is 2.54. The van der Waals surface area contributed by atoms with Crippen LogP contribution in [0.25, 0.3) is 0 Å². The molecular weight excluding hydrogens is 196 g/mol. The number of nitrogens with one attached hydrogen (secondary N) is 1. The van der Waals surface area contributed by atoms with Gasteiger partial charge in [-0.15, -0.1) is 0 Å². The van der Waals surface area contributed by atoms with E-state index in [1.807, 2.05) is 13.8 Å². The van der Waals surface area contributed by atoms with Crippen molar-refractivity contribution < 1.29 is 14.3 Å². The minimum absolute atomic E-state index is 0.0469. The molecule has 0 aromatic carbocycles. The van der Waals surface area contributed by atoms with Crippen molar-refractivity contribution in [2.45, 2.75) is 32.9 Å². The Labute approximate surface area is 89.8 Å². The minimum Gasteiger partial charge on any atom is -0.380 e. The molecule has 5 heteroatoms. The predicted molar refractivity (Wildman–Crippen MR) is 55.3 cm³/mol. The number of carbonyl (C=O) groups is 2. The molecule has 1 aliphatic heterocycles. The number of hydrogen-bond acceptors (Lipinski definition) is 3. The fourth-order valence-electron chi connectivity index (χ4n) is 1.74. The molecule has 1 saturated heterocycles. The van der Waals surface area contributed by atoms with E-state index in [1.165, 1.54) is 0 Å². The Bertz CT molecular complexity index is 255. The molecule has 86 valence electrons. The number of nitrogens with zero attached hydrogens (tertiary/aromatic N) is 1. The van der Waals surface area contributed by atoms with Gasteiger partial charge in [0.15, 0.2) is 0 Å². The quantitative estimate of drug-likeness (QED) is 0.702. The van der Waals surface area contributed by atoms with Crippen molar-refractivity contribution >= 4 is 11.8 Å². The van der Waals surface area contributed by atoms with Gasteiger partial charge in [0.05, 0.1) is 19.2 Å². The Morgan fingerprint density at radius 3 is 2.87 bits per heavy atom. The molecule has 2 amide bonds. The van der Waals surface area contributed by atoms with E-state index in [-0.39, 0.29) is 24.4 Å². The molecule has 1 aliphatic rings. The first-order valence-electron chi connectivity index (χ1n) is 5.24. The summed E-state index contributed by atoms with van der Waals surface area (Å²) in [4.78, 5) is 24.6. The Morgan fingerprint density at radius 2 is 2.27 bits per heavy atom. The van der Waals surface area contributed by atoms with Gasteiger partial charge >= 0.3 is 0 Å². The first-order valence-corrected chi connectivity index (χ1v) is 5.24. The number of carbonyl (C=O) groups excluding carboxylic acids is 2. The van der Waals surface area contributed by atoms with Crippen LogP contribution < -0.4 is 5.32 Å². The maximum Gasteiger partial charge on any atom is 0.242 e. The summed E-state index contributed by atoms with van der Waals surface area (Å²) in [6, 6.07) is -0.458. The van der Waals surface area contributed by atoms with E-state index >= 15 is 0 Å². The molecule has 5 nitrogen and oxygen atoms in total. The first-order chi connectivity index (χ1) is 7.07. The Morgan fingerprint density at radius 1 is 1.60 bits per heavy atom. The van der Waals surface area contributed by atoms with Crippen LogP contribution in [0.2, 0.25) is 0 Å².